The molecular weight excluding hydrogens is 361 g/mol. The van der Waals surface area contributed by atoms with Crippen LogP contribution in [0.4, 0.5) is 4.39 Å². The Kier molecular flexibility index (Phi) is 7.25. The van der Waals surface area contributed by atoms with Gasteiger partial charge in [-0.3, -0.25) is 14.5 Å². The number of ether oxygens (including phenoxy) is 1. The van der Waals surface area contributed by atoms with Gasteiger partial charge in [-0.1, -0.05) is 18.9 Å². The summed E-state index contributed by atoms with van der Waals surface area (Å²) in [5.74, 6) is -0.123. The molecule has 1 aliphatic heterocycles. The zero-order chi connectivity index (χ0) is 19.9. The first-order chi connectivity index (χ1) is 13.5. The van der Waals surface area contributed by atoms with Gasteiger partial charge in [-0.25, -0.2) is 4.39 Å². The molecule has 0 aromatic heterocycles. The summed E-state index contributed by atoms with van der Waals surface area (Å²) >= 11 is 0. The Morgan fingerprint density at radius 1 is 1.18 bits per heavy atom. The monoisotopic (exact) mass is 391 g/mol. The number of hydrogen-bond acceptors (Lipinski definition) is 4. The minimum atomic E-state index is -0.346. The SMILES string of the molecule is COc1ccc(CN2CCC(NC(=O)CNC(=O)C3CCCC3)CC2)cc1F. The number of methoxy groups -OCH3 is 1. The van der Waals surface area contributed by atoms with Crippen molar-refractivity contribution in [2.24, 2.45) is 5.92 Å². The summed E-state index contributed by atoms with van der Waals surface area (Å²) in [5, 5.41) is 5.78. The number of carbonyl (C=O) groups is 2. The number of hydrogen-bond donors (Lipinski definition) is 2. The largest absolute Gasteiger partial charge is 0.494 e. The highest BCUT2D eigenvalue weighted by molar-refractivity contribution is 5.86. The Labute approximate surface area is 165 Å². The molecule has 0 spiro atoms. The van der Waals surface area contributed by atoms with Gasteiger partial charge in [0.15, 0.2) is 11.6 Å². The minimum absolute atomic E-state index is 0.00851. The molecule has 154 valence electrons. The van der Waals surface area contributed by atoms with Crippen molar-refractivity contribution in [3.05, 3.63) is 29.6 Å². The van der Waals surface area contributed by atoms with Crippen LogP contribution in [-0.4, -0.2) is 49.5 Å². The Morgan fingerprint density at radius 3 is 2.54 bits per heavy atom. The van der Waals surface area contributed by atoms with Crippen molar-refractivity contribution in [1.29, 1.82) is 0 Å². The van der Waals surface area contributed by atoms with E-state index in [-0.39, 0.29) is 41.9 Å². The van der Waals surface area contributed by atoms with Gasteiger partial charge in [-0.05, 0) is 43.4 Å². The zero-order valence-electron chi connectivity index (χ0n) is 16.5. The first-order valence-corrected chi connectivity index (χ1v) is 10.2. The Morgan fingerprint density at radius 2 is 1.89 bits per heavy atom. The topological polar surface area (TPSA) is 70.7 Å². The molecule has 0 atom stereocenters. The molecule has 1 aromatic carbocycles. The maximum atomic E-state index is 13.8. The first-order valence-electron chi connectivity index (χ1n) is 10.2. The zero-order valence-corrected chi connectivity index (χ0v) is 16.5. The van der Waals surface area contributed by atoms with Crippen LogP contribution in [-0.2, 0) is 16.1 Å². The minimum Gasteiger partial charge on any atom is -0.494 e. The van der Waals surface area contributed by atoms with Gasteiger partial charge in [0.05, 0.1) is 13.7 Å². The molecule has 6 nitrogen and oxygen atoms in total. The van der Waals surface area contributed by atoms with Crippen LogP contribution in [0.3, 0.4) is 0 Å². The number of halogens is 1. The molecule has 28 heavy (non-hydrogen) atoms. The van der Waals surface area contributed by atoms with Gasteiger partial charge in [-0.2, -0.15) is 0 Å². The fourth-order valence-corrected chi connectivity index (χ4v) is 4.08. The number of likely N-dealkylation sites (tertiary alicyclic amines) is 1. The third-order valence-corrected chi connectivity index (χ3v) is 5.72. The molecule has 1 aromatic rings. The van der Waals surface area contributed by atoms with Gasteiger partial charge in [0.1, 0.15) is 0 Å². The van der Waals surface area contributed by atoms with Gasteiger partial charge in [0, 0.05) is 31.6 Å². The van der Waals surface area contributed by atoms with Gasteiger partial charge >= 0.3 is 0 Å². The molecule has 7 heteroatoms. The third kappa shape index (κ3) is 5.67. The van der Waals surface area contributed by atoms with E-state index in [1.165, 1.54) is 13.2 Å². The second-order valence-corrected chi connectivity index (χ2v) is 7.79. The lowest BCUT2D eigenvalue weighted by Crippen LogP contribution is -2.47. The highest BCUT2D eigenvalue weighted by Crippen LogP contribution is 2.24. The van der Waals surface area contributed by atoms with Crippen LogP contribution in [0.25, 0.3) is 0 Å². The molecule has 2 N–H and O–H groups in total. The summed E-state index contributed by atoms with van der Waals surface area (Å²) in [6, 6.07) is 5.17. The van der Waals surface area contributed by atoms with E-state index in [4.69, 9.17) is 4.74 Å². The fourth-order valence-electron chi connectivity index (χ4n) is 4.08. The number of carbonyl (C=O) groups excluding carboxylic acids is 2. The molecule has 2 amide bonds. The molecule has 2 aliphatic rings. The number of nitrogens with zero attached hydrogens (tertiary/aromatic N) is 1. The second kappa shape index (κ2) is 9.87. The summed E-state index contributed by atoms with van der Waals surface area (Å²) in [6.07, 6.45) is 5.77. The van der Waals surface area contributed by atoms with Crippen LogP contribution >= 0.6 is 0 Å². The number of benzene rings is 1. The molecule has 1 heterocycles. The van der Waals surface area contributed by atoms with Crippen LogP contribution in [0.1, 0.15) is 44.1 Å². The maximum absolute atomic E-state index is 13.8. The third-order valence-electron chi connectivity index (χ3n) is 5.72. The van der Waals surface area contributed by atoms with E-state index in [1.54, 1.807) is 6.07 Å². The van der Waals surface area contributed by atoms with Crippen LogP contribution in [0.2, 0.25) is 0 Å². The second-order valence-electron chi connectivity index (χ2n) is 7.79. The molecule has 1 saturated carbocycles. The summed E-state index contributed by atoms with van der Waals surface area (Å²) < 4.78 is 18.8. The Bertz CT molecular complexity index is 683. The average Bonchev–Trinajstić information content (AvgIpc) is 3.23. The van der Waals surface area contributed by atoms with Crippen LogP contribution in [0, 0.1) is 11.7 Å². The van der Waals surface area contributed by atoms with Gasteiger partial charge in [0.2, 0.25) is 11.8 Å². The standard InChI is InChI=1S/C21H30FN3O3/c1-28-19-7-6-15(12-18(19)22)14-25-10-8-17(9-11-25)24-20(26)13-23-21(27)16-4-2-3-5-16/h6-7,12,16-17H,2-5,8-11,13-14H2,1H3,(H,23,27)(H,24,26). The highest BCUT2D eigenvalue weighted by Gasteiger charge is 2.24. The molecule has 2 fully saturated rings. The quantitative estimate of drug-likeness (QED) is 0.748. The Balaban J connectivity index is 1.36. The van der Waals surface area contributed by atoms with Crippen molar-refractivity contribution in [2.45, 2.75) is 51.1 Å². The smallest absolute Gasteiger partial charge is 0.239 e. The van der Waals surface area contributed by atoms with Gasteiger partial charge < -0.3 is 15.4 Å². The van der Waals surface area contributed by atoms with Gasteiger partial charge in [0.25, 0.3) is 0 Å². The summed E-state index contributed by atoms with van der Waals surface area (Å²) in [4.78, 5) is 26.4. The summed E-state index contributed by atoms with van der Waals surface area (Å²) in [5.41, 5.74) is 0.912. The van der Waals surface area contributed by atoms with Crippen molar-refractivity contribution in [2.75, 3.05) is 26.7 Å². The molecule has 1 saturated heterocycles. The van der Waals surface area contributed by atoms with E-state index in [0.717, 1.165) is 57.2 Å². The summed E-state index contributed by atoms with van der Waals surface area (Å²) in [6.45, 7) is 2.42. The lowest BCUT2D eigenvalue weighted by molar-refractivity contribution is -0.128. The maximum Gasteiger partial charge on any atom is 0.239 e. The van der Waals surface area contributed by atoms with Crippen molar-refractivity contribution in [3.63, 3.8) is 0 Å². The molecular formula is C21H30FN3O3. The number of amides is 2. The predicted molar refractivity (Wildman–Crippen MR) is 104 cm³/mol. The lowest BCUT2D eigenvalue weighted by Gasteiger charge is -2.32. The van der Waals surface area contributed by atoms with Gasteiger partial charge in [-0.15, -0.1) is 0 Å². The molecule has 3 rings (SSSR count). The van der Waals surface area contributed by atoms with E-state index in [9.17, 15) is 14.0 Å². The molecule has 1 aliphatic carbocycles. The molecule has 0 unspecified atom stereocenters. The van der Waals surface area contributed by atoms with Crippen molar-refractivity contribution in [1.82, 2.24) is 15.5 Å². The Hall–Kier alpha value is -2.15. The van der Waals surface area contributed by atoms with E-state index in [0.29, 0.717) is 6.54 Å². The lowest BCUT2D eigenvalue weighted by atomic mass is 10.0. The highest BCUT2D eigenvalue weighted by atomic mass is 19.1. The van der Waals surface area contributed by atoms with E-state index < -0.39 is 0 Å². The summed E-state index contributed by atoms with van der Waals surface area (Å²) in [7, 11) is 1.46. The van der Waals surface area contributed by atoms with Crippen LogP contribution in [0.15, 0.2) is 18.2 Å². The predicted octanol–water partition coefficient (Wildman–Crippen LogP) is 2.22. The van der Waals surface area contributed by atoms with Crippen LogP contribution in [0.5, 0.6) is 5.75 Å². The van der Waals surface area contributed by atoms with Crippen LogP contribution < -0.4 is 15.4 Å². The normalized spacial score (nSPS) is 18.8. The first kappa shape index (κ1) is 20.6. The number of piperidine rings is 1. The fraction of sp³-hybridized carbons (Fsp3) is 0.619. The van der Waals surface area contributed by atoms with Crippen molar-refractivity contribution < 1.29 is 18.7 Å². The van der Waals surface area contributed by atoms with E-state index in [2.05, 4.69) is 15.5 Å². The number of nitrogens with one attached hydrogen (secondary N) is 2. The van der Waals surface area contributed by atoms with Crippen molar-refractivity contribution in [3.8, 4) is 5.75 Å². The van der Waals surface area contributed by atoms with Crippen molar-refractivity contribution >= 4 is 11.8 Å². The molecule has 0 bridgehead atoms. The van der Waals surface area contributed by atoms with E-state index >= 15 is 0 Å². The molecule has 0 radical (unpaired) electrons. The average molecular weight is 391 g/mol. The number of rotatable bonds is 7. The van der Waals surface area contributed by atoms with E-state index in [1.807, 2.05) is 6.07 Å².